The van der Waals surface area contributed by atoms with Crippen molar-refractivity contribution in [2.75, 3.05) is 19.6 Å². The molecule has 2 aliphatic rings. The summed E-state index contributed by atoms with van der Waals surface area (Å²) in [5, 5.41) is 19.4. The Morgan fingerprint density at radius 3 is 2.65 bits per heavy atom. The smallest absolute Gasteiger partial charge is 0.269 e. The van der Waals surface area contributed by atoms with Crippen LogP contribution in [0.4, 0.5) is 5.69 Å². The molecular formula is C20H22N6O4S. The van der Waals surface area contributed by atoms with Gasteiger partial charge >= 0.3 is 0 Å². The molecule has 3 aromatic rings. The number of rotatable bonds is 5. The Bertz CT molecular complexity index is 1230. The van der Waals surface area contributed by atoms with Crippen molar-refractivity contribution >= 4 is 26.7 Å². The van der Waals surface area contributed by atoms with Gasteiger partial charge in [0, 0.05) is 31.3 Å². The highest BCUT2D eigenvalue weighted by Gasteiger charge is 2.42. The number of aromatic nitrogens is 3. The zero-order valence-electron chi connectivity index (χ0n) is 16.7. The predicted octanol–water partition coefficient (Wildman–Crippen LogP) is 1.88. The molecule has 2 aliphatic heterocycles. The van der Waals surface area contributed by atoms with Gasteiger partial charge in [0.05, 0.1) is 27.9 Å². The first-order valence-electron chi connectivity index (χ1n) is 10.2. The number of hydrogen-bond acceptors (Lipinski definition) is 7. The first kappa shape index (κ1) is 20.0. The van der Waals surface area contributed by atoms with Crippen molar-refractivity contribution < 1.29 is 13.3 Å². The third kappa shape index (κ3) is 3.58. The number of benzene rings is 2. The molecule has 5 rings (SSSR count). The van der Waals surface area contributed by atoms with Crippen LogP contribution in [0.5, 0.6) is 0 Å². The van der Waals surface area contributed by atoms with Crippen molar-refractivity contribution in [1.29, 1.82) is 0 Å². The van der Waals surface area contributed by atoms with E-state index in [1.807, 2.05) is 24.3 Å². The van der Waals surface area contributed by atoms with Crippen molar-refractivity contribution in [3.8, 4) is 0 Å². The summed E-state index contributed by atoms with van der Waals surface area (Å²) in [5.74, 6) is 0. The fraction of sp³-hybridized carbons (Fsp3) is 0.400. The van der Waals surface area contributed by atoms with E-state index in [1.54, 1.807) is 8.99 Å². The quantitative estimate of drug-likeness (QED) is 0.438. The molecule has 2 fully saturated rings. The molecule has 3 heterocycles. The monoisotopic (exact) mass is 442 g/mol. The number of sulfonamides is 1. The molecule has 162 valence electrons. The van der Waals surface area contributed by atoms with Gasteiger partial charge in [-0.2, -0.15) is 4.31 Å². The summed E-state index contributed by atoms with van der Waals surface area (Å²) >= 11 is 0. The molecule has 0 N–H and O–H groups in total. The molecule has 0 aliphatic carbocycles. The Hall–Kier alpha value is -2.89. The van der Waals surface area contributed by atoms with Gasteiger partial charge in [0.15, 0.2) is 0 Å². The van der Waals surface area contributed by atoms with E-state index < -0.39 is 14.9 Å². The van der Waals surface area contributed by atoms with Gasteiger partial charge in [-0.15, -0.1) is 5.10 Å². The molecule has 31 heavy (non-hydrogen) atoms. The highest BCUT2D eigenvalue weighted by molar-refractivity contribution is 7.89. The summed E-state index contributed by atoms with van der Waals surface area (Å²) < 4.78 is 30.4. The van der Waals surface area contributed by atoms with Crippen LogP contribution in [-0.4, -0.2) is 69.3 Å². The molecule has 1 aromatic heterocycles. The van der Waals surface area contributed by atoms with Gasteiger partial charge in [0.1, 0.15) is 5.52 Å². The first-order chi connectivity index (χ1) is 14.9. The molecule has 10 nitrogen and oxygen atoms in total. The van der Waals surface area contributed by atoms with Gasteiger partial charge in [-0.05, 0) is 43.7 Å². The molecular weight excluding hydrogens is 420 g/mol. The summed E-state index contributed by atoms with van der Waals surface area (Å²) in [7, 11) is -3.83. The molecule has 0 radical (unpaired) electrons. The molecule has 0 amide bonds. The lowest BCUT2D eigenvalue weighted by molar-refractivity contribution is -0.384. The number of nitro benzene ring substituents is 1. The number of piperazine rings is 1. The van der Waals surface area contributed by atoms with Crippen molar-refractivity contribution in [2.24, 2.45) is 0 Å². The average molecular weight is 443 g/mol. The molecule has 11 heteroatoms. The molecule has 2 saturated heterocycles. The van der Waals surface area contributed by atoms with Crippen LogP contribution in [0.2, 0.25) is 0 Å². The van der Waals surface area contributed by atoms with Gasteiger partial charge in [-0.3, -0.25) is 15.0 Å². The second-order valence-corrected chi connectivity index (χ2v) is 9.92. The van der Waals surface area contributed by atoms with E-state index in [9.17, 15) is 18.5 Å². The average Bonchev–Trinajstić information content (AvgIpc) is 3.40. The second kappa shape index (κ2) is 7.66. The minimum absolute atomic E-state index is 0.0676. The fourth-order valence-corrected chi connectivity index (χ4v) is 6.28. The maximum absolute atomic E-state index is 13.6. The van der Waals surface area contributed by atoms with E-state index in [4.69, 9.17) is 0 Å². The number of hydrogen-bond donors (Lipinski definition) is 0. The summed E-state index contributed by atoms with van der Waals surface area (Å²) in [6.45, 7) is 2.36. The van der Waals surface area contributed by atoms with E-state index in [0.717, 1.165) is 30.4 Å². The lowest BCUT2D eigenvalue weighted by Gasteiger charge is -2.42. The molecule has 0 bridgehead atoms. The zero-order valence-corrected chi connectivity index (χ0v) is 17.6. The Labute approximate surface area is 179 Å². The minimum Gasteiger partial charge on any atom is -0.297 e. The van der Waals surface area contributed by atoms with Crippen LogP contribution in [0.15, 0.2) is 53.4 Å². The van der Waals surface area contributed by atoms with Gasteiger partial charge in [0.25, 0.3) is 5.69 Å². The van der Waals surface area contributed by atoms with Crippen LogP contribution < -0.4 is 0 Å². The van der Waals surface area contributed by atoms with Crippen molar-refractivity contribution in [3.63, 3.8) is 0 Å². The number of nitro groups is 1. The Kier molecular flexibility index (Phi) is 4.95. The van der Waals surface area contributed by atoms with Crippen molar-refractivity contribution in [3.05, 3.63) is 58.6 Å². The van der Waals surface area contributed by atoms with Gasteiger partial charge < -0.3 is 0 Å². The van der Waals surface area contributed by atoms with Crippen LogP contribution in [0.3, 0.4) is 0 Å². The predicted molar refractivity (Wildman–Crippen MR) is 113 cm³/mol. The SMILES string of the molecule is O=[N+]([O-])c1ccc(S(=O)(=O)N2C[C@@H]3CCCN3C[C@H]2Cn2nnc3ccccc32)cc1. The normalized spacial score (nSPS) is 22.6. The van der Waals surface area contributed by atoms with Crippen molar-refractivity contribution in [1.82, 2.24) is 24.2 Å². The summed E-state index contributed by atoms with van der Waals surface area (Å²) in [6, 6.07) is 12.6. The third-order valence-corrected chi connectivity index (χ3v) is 8.13. The second-order valence-electron chi connectivity index (χ2n) is 8.03. The molecule has 0 saturated carbocycles. The lowest BCUT2D eigenvalue weighted by atomic mass is 10.1. The van der Waals surface area contributed by atoms with Crippen molar-refractivity contribution in [2.45, 2.75) is 36.4 Å². The lowest BCUT2D eigenvalue weighted by Crippen LogP contribution is -2.58. The minimum atomic E-state index is -3.83. The van der Waals surface area contributed by atoms with Gasteiger partial charge in [0.2, 0.25) is 10.0 Å². The molecule has 2 aromatic carbocycles. The number of non-ortho nitro benzene ring substituents is 1. The highest BCUT2D eigenvalue weighted by atomic mass is 32.2. The van der Waals surface area contributed by atoms with E-state index in [1.165, 1.54) is 24.3 Å². The maximum atomic E-state index is 13.6. The van der Waals surface area contributed by atoms with Crippen LogP contribution in [-0.2, 0) is 16.6 Å². The maximum Gasteiger partial charge on any atom is 0.269 e. The Balaban J connectivity index is 1.49. The van der Waals surface area contributed by atoms with Crippen LogP contribution in [0.25, 0.3) is 11.0 Å². The standard InChI is InChI=1S/C20H22N6O4S/c27-26(28)15-7-9-18(10-8-15)31(29,30)25-14-16-4-3-11-23(16)12-17(25)13-24-20-6-2-1-5-19(20)21-22-24/h1-2,5-10,16-17H,3-4,11-14H2/t16-,17-/m0/s1. The first-order valence-corrected chi connectivity index (χ1v) is 11.7. The van der Waals surface area contributed by atoms with Gasteiger partial charge in [-0.25, -0.2) is 13.1 Å². The number of para-hydroxylation sites is 1. The molecule has 0 spiro atoms. The number of fused-ring (bicyclic) bond motifs is 2. The van der Waals surface area contributed by atoms with Crippen LogP contribution >= 0.6 is 0 Å². The third-order valence-electron chi connectivity index (χ3n) is 6.20. The van der Waals surface area contributed by atoms with E-state index >= 15 is 0 Å². The van der Waals surface area contributed by atoms with E-state index in [0.29, 0.717) is 19.6 Å². The Morgan fingerprint density at radius 2 is 1.87 bits per heavy atom. The fourth-order valence-electron chi connectivity index (χ4n) is 4.63. The molecule has 2 atom stereocenters. The zero-order chi connectivity index (χ0) is 21.6. The highest BCUT2D eigenvalue weighted by Crippen LogP contribution is 2.30. The van der Waals surface area contributed by atoms with Crippen LogP contribution in [0, 0.1) is 10.1 Å². The largest absolute Gasteiger partial charge is 0.297 e. The summed E-state index contributed by atoms with van der Waals surface area (Å²) in [6.07, 6.45) is 2.01. The van der Waals surface area contributed by atoms with Gasteiger partial charge in [-0.1, -0.05) is 17.3 Å². The topological polar surface area (TPSA) is 114 Å². The summed E-state index contributed by atoms with van der Waals surface area (Å²) in [5.41, 5.74) is 1.49. The van der Waals surface area contributed by atoms with E-state index in [2.05, 4.69) is 15.2 Å². The number of nitrogens with zero attached hydrogens (tertiary/aromatic N) is 6. The van der Waals surface area contributed by atoms with Crippen LogP contribution in [0.1, 0.15) is 12.8 Å². The summed E-state index contributed by atoms with van der Waals surface area (Å²) in [4.78, 5) is 12.8. The molecule has 0 unspecified atom stereocenters. The van der Waals surface area contributed by atoms with E-state index in [-0.39, 0.29) is 22.7 Å². The Morgan fingerprint density at radius 1 is 1.10 bits per heavy atom.